The van der Waals surface area contributed by atoms with E-state index in [1.807, 2.05) is 13.0 Å². The number of nitrogens with two attached hydrogens (primary N) is 1. The second-order valence-corrected chi connectivity index (χ2v) is 5.55. The van der Waals surface area contributed by atoms with E-state index in [1.165, 1.54) is 0 Å². The average Bonchev–Trinajstić information content (AvgIpc) is 2.62. The lowest BCUT2D eigenvalue weighted by Gasteiger charge is -2.21. The molecule has 3 N–H and O–H groups in total. The summed E-state index contributed by atoms with van der Waals surface area (Å²) in [7, 11) is 0. The van der Waals surface area contributed by atoms with Gasteiger partial charge < -0.3 is 15.4 Å². The molecule has 96 valence electrons. The maximum absolute atomic E-state index is 10.0. The normalized spacial score (nSPS) is 11.8. The fourth-order valence-electron chi connectivity index (χ4n) is 1.97. The van der Waals surface area contributed by atoms with Gasteiger partial charge in [-0.05, 0) is 35.6 Å². The van der Waals surface area contributed by atoms with Gasteiger partial charge in [-0.3, -0.25) is 0 Å². The third-order valence-electron chi connectivity index (χ3n) is 2.94. The van der Waals surface area contributed by atoms with Gasteiger partial charge in [0, 0.05) is 11.6 Å². The zero-order valence-electron chi connectivity index (χ0n) is 11.1. The lowest BCUT2D eigenvalue weighted by Crippen LogP contribution is -2.11. The van der Waals surface area contributed by atoms with Crippen molar-refractivity contribution in [3.8, 4) is 17.1 Å². The topological polar surface area (TPSA) is 72.3 Å². The Kier molecular flexibility index (Phi) is 2.81. The minimum Gasteiger partial charge on any atom is -0.508 e. The fraction of sp³-hybridized carbons (Fsp3) is 0.357. The number of aryl methyl sites for hydroxylation is 1. The summed E-state index contributed by atoms with van der Waals surface area (Å²) in [6, 6.07) is 5.37. The van der Waals surface area contributed by atoms with Gasteiger partial charge in [-0.1, -0.05) is 25.9 Å². The van der Waals surface area contributed by atoms with Gasteiger partial charge in [0.05, 0.1) is 0 Å². The number of aromatic hydroxyl groups is 1. The van der Waals surface area contributed by atoms with Gasteiger partial charge in [0.2, 0.25) is 0 Å². The second-order valence-electron chi connectivity index (χ2n) is 5.55. The van der Waals surface area contributed by atoms with Crippen LogP contribution in [0.1, 0.15) is 31.9 Å². The number of benzene rings is 1. The summed E-state index contributed by atoms with van der Waals surface area (Å²) in [4.78, 5) is 0. The largest absolute Gasteiger partial charge is 0.508 e. The molecule has 0 amide bonds. The minimum atomic E-state index is -0.141. The number of hydrogen-bond donors (Lipinski definition) is 2. The first kappa shape index (κ1) is 12.5. The zero-order chi connectivity index (χ0) is 13.5. The van der Waals surface area contributed by atoms with E-state index >= 15 is 0 Å². The Labute approximate surface area is 106 Å². The number of aromatic nitrogens is 1. The van der Waals surface area contributed by atoms with Crippen LogP contribution in [0.5, 0.6) is 5.75 Å². The van der Waals surface area contributed by atoms with E-state index in [2.05, 4.69) is 25.9 Å². The predicted octanol–water partition coefficient (Wildman–Crippen LogP) is 3.24. The van der Waals surface area contributed by atoms with Crippen LogP contribution in [0.2, 0.25) is 0 Å². The van der Waals surface area contributed by atoms with E-state index in [0.717, 1.165) is 16.7 Å². The molecular weight excluding hydrogens is 228 g/mol. The van der Waals surface area contributed by atoms with Crippen molar-refractivity contribution in [3.63, 3.8) is 0 Å². The summed E-state index contributed by atoms with van der Waals surface area (Å²) in [5.41, 5.74) is 8.13. The van der Waals surface area contributed by atoms with E-state index in [9.17, 15) is 5.11 Å². The highest BCUT2D eigenvalue weighted by molar-refractivity contribution is 5.67. The SMILES string of the molecule is Cc1cc(O)c(C(C)(C)C)cc1-c1cc(N)no1. The second kappa shape index (κ2) is 4.05. The monoisotopic (exact) mass is 246 g/mol. The number of nitrogens with zero attached hydrogens (tertiary/aromatic N) is 1. The van der Waals surface area contributed by atoms with Crippen molar-refractivity contribution in [2.75, 3.05) is 5.73 Å². The Balaban J connectivity index is 2.62. The Bertz CT molecular complexity index is 580. The minimum absolute atomic E-state index is 0.141. The summed E-state index contributed by atoms with van der Waals surface area (Å²) < 4.78 is 5.18. The molecule has 0 aliphatic carbocycles. The summed E-state index contributed by atoms with van der Waals surface area (Å²) in [5, 5.41) is 13.7. The molecule has 2 rings (SSSR count). The Hall–Kier alpha value is -1.97. The highest BCUT2D eigenvalue weighted by atomic mass is 16.5. The number of phenols is 1. The van der Waals surface area contributed by atoms with E-state index in [4.69, 9.17) is 10.3 Å². The van der Waals surface area contributed by atoms with Crippen molar-refractivity contribution in [2.45, 2.75) is 33.1 Å². The fourth-order valence-corrected chi connectivity index (χ4v) is 1.97. The molecule has 0 radical (unpaired) electrons. The van der Waals surface area contributed by atoms with Gasteiger partial charge in [0.1, 0.15) is 5.75 Å². The van der Waals surface area contributed by atoms with Crippen molar-refractivity contribution in [1.82, 2.24) is 5.16 Å². The molecule has 0 fully saturated rings. The van der Waals surface area contributed by atoms with Gasteiger partial charge in [0.15, 0.2) is 11.6 Å². The number of hydrogen-bond acceptors (Lipinski definition) is 4. The molecule has 0 spiro atoms. The lowest BCUT2D eigenvalue weighted by molar-refractivity contribution is 0.433. The van der Waals surface area contributed by atoms with E-state index in [0.29, 0.717) is 17.3 Å². The van der Waals surface area contributed by atoms with Crippen molar-refractivity contribution >= 4 is 5.82 Å². The van der Waals surface area contributed by atoms with Crippen molar-refractivity contribution in [1.29, 1.82) is 0 Å². The first-order chi connectivity index (χ1) is 8.29. The molecule has 0 unspecified atom stereocenters. The molecule has 1 aromatic heterocycles. The van der Waals surface area contributed by atoms with Crippen molar-refractivity contribution in [2.24, 2.45) is 0 Å². The van der Waals surface area contributed by atoms with Crippen molar-refractivity contribution in [3.05, 3.63) is 29.3 Å². The van der Waals surface area contributed by atoms with Crippen LogP contribution in [0.3, 0.4) is 0 Å². The van der Waals surface area contributed by atoms with E-state index in [-0.39, 0.29) is 5.41 Å². The molecular formula is C14H18N2O2. The number of phenolic OH excluding ortho intramolecular Hbond substituents is 1. The highest BCUT2D eigenvalue weighted by Gasteiger charge is 2.21. The Morgan fingerprint density at radius 1 is 1.22 bits per heavy atom. The molecule has 0 atom stereocenters. The van der Waals surface area contributed by atoms with Crippen LogP contribution in [-0.4, -0.2) is 10.3 Å². The molecule has 0 aliphatic heterocycles. The van der Waals surface area contributed by atoms with Crippen LogP contribution < -0.4 is 5.73 Å². The van der Waals surface area contributed by atoms with Crippen LogP contribution in [0.15, 0.2) is 22.7 Å². The van der Waals surface area contributed by atoms with Crippen LogP contribution in [0, 0.1) is 6.92 Å². The van der Waals surface area contributed by atoms with Gasteiger partial charge in [-0.15, -0.1) is 0 Å². The predicted molar refractivity (Wildman–Crippen MR) is 71.5 cm³/mol. The summed E-state index contributed by atoms with van der Waals surface area (Å²) in [5.74, 6) is 1.28. The van der Waals surface area contributed by atoms with E-state index < -0.39 is 0 Å². The highest BCUT2D eigenvalue weighted by Crippen LogP contribution is 2.36. The first-order valence-electron chi connectivity index (χ1n) is 5.85. The van der Waals surface area contributed by atoms with Crippen LogP contribution >= 0.6 is 0 Å². The maximum atomic E-state index is 10.0. The molecule has 4 nitrogen and oxygen atoms in total. The standard InChI is InChI=1S/C14H18N2O2/c1-8-5-11(17)10(14(2,3)4)6-9(8)12-7-13(15)16-18-12/h5-7,17H,1-4H3,(H2,15,16). The molecule has 0 bridgehead atoms. The molecule has 0 saturated heterocycles. The van der Waals surface area contributed by atoms with Gasteiger partial charge in [-0.25, -0.2) is 0 Å². The zero-order valence-corrected chi connectivity index (χ0v) is 11.1. The van der Waals surface area contributed by atoms with Crippen molar-refractivity contribution < 1.29 is 9.63 Å². The Morgan fingerprint density at radius 3 is 2.39 bits per heavy atom. The van der Waals surface area contributed by atoms with Crippen LogP contribution in [0.25, 0.3) is 11.3 Å². The average molecular weight is 246 g/mol. The summed E-state index contributed by atoms with van der Waals surface area (Å²) in [6.07, 6.45) is 0. The number of anilines is 1. The molecule has 18 heavy (non-hydrogen) atoms. The van der Waals surface area contributed by atoms with Gasteiger partial charge in [-0.2, -0.15) is 0 Å². The molecule has 4 heteroatoms. The van der Waals surface area contributed by atoms with Crippen LogP contribution in [0.4, 0.5) is 5.82 Å². The van der Waals surface area contributed by atoms with E-state index in [1.54, 1.807) is 12.1 Å². The molecule has 0 saturated carbocycles. The van der Waals surface area contributed by atoms with Gasteiger partial charge in [0.25, 0.3) is 0 Å². The molecule has 1 heterocycles. The third kappa shape index (κ3) is 2.18. The molecule has 1 aromatic carbocycles. The quantitative estimate of drug-likeness (QED) is 0.810. The molecule has 2 aromatic rings. The lowest BCUT2D eigenvalue weighted by atomic mass is 9.84. The third-order valence-corrected chi connectivity index (χ3v) is 2.94. The first-order valence-corrected chi connectivity index (χ1v) is 5.85. The van der Waals surface area contributed by atoms with Crippen LogP contribution in [-0.2, 0) is 5.41 Å². The van der Waals surface area contributed by atoms with Gasteiger partial charge >= 0.3 is 0 Å². The smallest absolute Gasteiger partial charge is 0.169 e. The molecule has 0 aliphatic rings. The maximum Gasteiger partial charge on any atom is 0.169 e. The Morgan fingerprint density at radius 2 is 1.89 bits per heavy atom. The summed E-state index contributed by atoms with van der Waals surface area (Å²) in [6.45, 7) is 8.07. The number of nitrogen functional groups attached to an aromatic ring is 1. The summed E-state index contributed by atoms with van der Waals surface area (Å²) >= 11 is 0. The number of rotatable bonds is 1.